The normalized spacial score (nSPS) is 20.2. The fraction of sp³-hybridized carbons (Fsp3) is 0.500. The van der Waals surface area contributed by atoms with Gasteiger partial charge in [0, 0.05) is 18.2 Å². The fourth-order valence-electron chi connectivity index (χ4n) is 4.98. The Balaban J connectivity index is 1.71. The van der Waals surface area contributed by atoms with Crippen LogP contribution in [-0.2, 0) is 12.1 Å². The van der Waals surface area contributed by atoms with Crippen LogP contribution < -0.4 is 10.9 Å². The second kappa shape index (κ2) is 7.23. The maximum absolute atomic E-state index is 13.3. The van der Waals surface area contributed by atoms with E-state index in [1.165, 1.54) is 24.1 Å². The molecule has 0 radical (unpaired) electrons. The van der Waals surface area contributed by atoms with Crippen molar-refractivity contribution in [1.29, 1.82) is 0 Å². The average Bonchev–Trinajstić information content (AvgIpc) is 3.29. The summed E-state index contributed by atoms with van der Waals surface area (Å²) < 4.78 is 1.92. The number of fused-ring (bicyclic) bond motifs is 5. The molecule has 1 aromatic carbocycles. The van der Waals surface area contributed by atoms with E-state index in [2.05, 4.69) is 12.2 Å². The molecule has 4 nitrogen and oxygen atoms in total. The number of aromatic nitrogens is 1. The average molecular weight is 379 g/mol. The second-order valence-corrected chi connectivity index (χ2v) is 8.86. The smallest absolute Gasteiger partial charge is 0.263 e. The molecule has 0 saturated heterocycles. The van der Waals surface area contributed by atoms with Crippen molar-refractivity contribution in [2.24, 2.45) is 0 Å². The van der Waals surface area contributed by atoms with Crippen molar-refractivity contribution >= 4 is 5.91 Å². The molecule has 28 heavy (non-hydrogen) atoms. The largest absolute Gasteiger partial charge is 0.343 e. The van der Waals surface area contributed by atoms with E-state index in [1.54, 1.807) is 0 Å². The molecule has 1 N–H and O–H groups in total. The number of nitrogens with one attached hydrogen (secondary N) is 1. The number of nitrogens with zero attached hydrogens (tertiary/aromatic N) is 1. The summed E-state index contributed by atoms with van der Waals surface area (Å²) in [5, 5.41) is 3.10. The maximum Gasteiger partial charge on any atom is 0.263 e. The van der Waals surface area contributed by atoms with E-state index >= 15 is 0 Å². The second-order valence-electron chi connectivity index (χ2n) is 8.86. The standard InChI is InChI=1S/C24H30N2O2/c1-4-5-13-26-21-17-12-11-16(14-17)19(21)15-20(23(26)28)22(27)25-24(2,3)18-9-7-6-8-10-18/h6-10,15-17H,4-5,11-14H2,1-3H3,(H,25,27)/t16-,17+/m1/s1. The van der Waals surface area contributed by atoms with E-state index in [9.17, 15) is 9.59 Å². The van der Waals surface area contributed by atoms with Crippen molar-refractivity contribution in [2.45, 2.75) is 76.8 Å². The van der Waals surface area contributed by atoms with Crippen LogP contribution in [0, 0.1) is 0 Å². The van der Waals surface area contributed by atoms with Gasteiger partial charge in [-0.25, -0.2) is 0 Å². The SMILES string of the molecule is CCCCn1c2c(cc(C(=O)NC(C)(C)c3ccccc3)c1=O)[C@@H]1CC[C@H]2C1. The van der Waals surface area contributed by atoms with Gasteiger partial charge in [-0.3, -0.25) is 9.59 Å². The molecule has 2 aliphatic carbocycles. The Morgan fingerprint density at radius 3 is 2.61 bits per heavy atom. The van der Waals surface area contributed by atoms with E-state index in [4.69, 9.17) is 0 Å². The van der Waals surface area contributed by atoms with Gasteiger partial charge >= 0.3 is 0 Å². The lowest BCUT2D eigenvalue weighted by Crippen LogP contribution is -2.44. The van der Waals surface area contributed by atoms with E-state index in [1.807, 2.05) is 54.8 Å². The molecule has 2 atom stereocenters. The van der Waals surface area contributed by atoms with Crippen molar-refractivity contribution < 1.29 is 4.79 Å². The van der Waals surface area contributed by atoms with Crippen LogP contribution in [0.1, 0.15) is 91.9 Å². The van der Waals surface area contributed by atoms with Gasteiger partial charge in [0.1, 0.15) is 5.56 Å². The molecule has 2 bridgehead atoms. The van der Waals surface area contributed by atoms with Crippen molar-refractivity contribution in [2.75, 3.05) is 0 Å². The molecular formula is C24H30N2O2. The van der Waals surface area contributed by atoms with Crippen LogP contribution >= 0.6 is 0 Å². The third-order valence-corrected chi connectivity index (χ3v) is 6.52. The minimum Gasteiger partial charge on any atom is -0.343 e. The van der Waals surface area contributed by atoms with Crippen LogP contribution in [0.3, 0.4) is 0 Å². The Labute approximate surface area is 167 Å². The van der Waals surface area contributed by atoms with Gasteiger partial charge in [-0.15, -0.1) is 0 Å². The molecule has 2 aliphatic rings. The van der Waals surface area contributed by atoms with Gasteiger partial charge in [-0.05, 0) is 62.6 Å². The predicted molar refractivity (Wildman–Crippen MR) is 112 cm³/mol. The lowest BCUT2D eigenvalue weighted by atomic mass is 9.92. The molecule has 148 valence electrons. The predicted octanol–water partition coefficient (Wildman–Crippen LogP) is 4.68. The van der Waals surface area contributed by atoms with E-state index < -0.39 is 5.54 Å². The van der Waals surface area contributed by atoms with E-state index in [-0.39, 0.29) is 11.5 Å². The quantitative estimate of drug-likeness (QED) is 0.793. The topological polar surface area (TPSA) is 51.1 Å². The Hall–Kier alpha value is -2.36. The monoisotopic (exact) mass is 378 g/mol. The van der Waals surface area contributed by atoms with Gasteiger partial charge in [0.15, 0.2) is 0 Å². The minimum absolute atomic E-state index is 0.124. The maximum atomic E-state index is 13.3. The molecule has 0 aliphatic heterocycles. The summed E-state index contributed by atoms with van der Waals surface area (Å²) in [7, 11) is 0. The first-order valence-electron chi connectivity index (χ1n) is 10.6. The summed E-state index contributed by atoms with van der Waals surface area (Å²) in [6.07, 6.45) is 5.49. The zero-order valence-corrected chi connectivity index (χ0v) is 17.1. The molecular weight excluding hydrogens is 348 g/mol. The third-order valence-electron chi connectivity index (χ3n) is 6.52. The molecule has 2 aromatic rings. The first-order chi connectivity index (χ1) is 13.4. The van der Waals surface area contributed by atoms with Crippen LogP contribution in [0.2, 0.25) is 0 Å². The van der Waals surface area contributed by atoms with Crippen LogP contribution in [0.15, 0.2) is 41.2 Å². The molecule has 1 saturated carbocycles. The summed E-state index contributed by atoms with van der Waals surface area (Å²) in [5.74, 6) is 0.749. The van der Waals surface area contributed by atoms with E-state index in [0.717, 1.165) is 24.8 Å². The number of hydrogen-bond acceptors (Lipinski definition) is 2. The lowest BCUT2D eigenvalue weighted by Gasteiger charge is -2.28. The van der Waals surface area contributed by atoms with Gasteiger partial charge in [0.2, 0.25) is 0 Å². The number of amides is 1. The first kappa shape index (κ1) is 19.0. The molecule has 1 amide bonds. The fourth-order valence-corrected chi connectivity index (χ4v) is 4.98. The van der Waals surface area contributed by atoms with Crippen molar-refractivity contribution in [3.63, 3.8) is 0 Å². The molecule has 1 fully saturated rings. The number of rotatable bonds is 6. The number of hydrogen-bond donors (Lipinski definition) is 1. The highest BCUT2D eigenvalue weighted by Crippen LogP contribution is 2.52. The molecule has 0 spiro atoms. The van der Waals surface area contributed by atoms with Crippen molar-refractivity contribution in [3.05, 3.63) is 69.1 Å². The molecule has 4 heteroatoms. The minimum atomic E-state index is -0.545. The third kappa shape index (κ3) is 3.19. The van der Waals surface area contributed by atoms with Crippen LogP contribution in [-0.4, -0.2) is 10.5 Å². The highest BCUT2D eigenvalue weighted by atomic mass is 16.2. The van der Waals surface area contributed by atoms with Gasteiger partial charge in [0.05, 0.1) is 5.54 Å². The number of carbonyl (C=O) groups is 1. The van der Waals surface area contributed by atoms with E-state index in [0.29, 0.717) is 23.9 Å². The first-order valence-corrected chi connectivity index (χ1v) is 10.6. The zero-order valence-electron chi connectivity index (χ0n) is 17.1. The Morgan fingerprint density at radius 1 is 1.18 bits per heavy atom. The summed E-state index contributed by atoms with van der Waals surface area (Å²) in [4.78, 5) is 26.4. The summed E-state index contributed by atoms with van der Waals surface area (Å²) in [5.41, 5.74) is 3.11. The van der Waals surface area contributed by atoms with Crippen LogP contribution in [0.5, 0.6) is 0 Å². The highest BCUT2D eigenvalue weighted by molar-refractivity contribution is 5.94. The zero-order chi connectivity index (χ0) is 19.9. The molecule has 0 unspecified atom stereocenters. The summed E-state index contributed by atoms with van der Waals surface area (Å²) in [6.45, 7) is 6.80. The molecule has 4 rings (SSSR count). The Kier molecular flexibility index (Phi) is 4.90. The van der Waals surface area contributed by atoms with Crippen molar-refractivity contribution in [3.8, 4) is 0 Å². The van der Waals surface area contributed by atoms with Crippen LogP contribution in [0.4, 0.5) is 0 Å². The van der Waals surface area contributed by atoms with Gasteiger partial charge < -0.3 is 9.88 Å². The Morgan fingerprint density at radius 2 is 1.89 bits per heavy atom. The highest BCUT2D eigenvalue weighted by Gasteiger charge is 2.40. The lowest BCUT2D eigenvalue weighted by molar-refractivity contribution is 0.0909. The van der Waals surface area contributed by atoms with Gasteiger partial charge in [-0.2, -0.15) is 0 Å². The number of benzene rings is 1. The van der Waals surface area contributed by atoms with Crippen molar-refractivity contribution in [1.82, 2.24) is 9.88 Å². The molecule has 1 heterocycles. The van der Waals surface area contributed by atoms with Gasteiger partial charge in [0.25, 0.3) is 11.5 Å². The van der Waals surface area contributed by atoms with Crippen LogP contribution in [0.25, 0.3) is 0 Å². The summed E-state index contributed by atoms with van der Waals surface area (Å²) >= 11 is 0. The number of pyridine rings is 1. The van der Waals surface area contributed by atoms with Gasteiger partial charge in [-0.1, -0.05) is 43.7 Å². The Bertz CT molecular complexity index is 943. The number of carbonyl (C=O) groups excluding carboxylic acids is 1. The summed E-state index contributed by atoms with van der Waals surface area (Å²) in [6, 6.07) is 11.8. The number of unbranched alkanes of at least 4 members (excludes halogenated alkanes) is 1. The molecule has 1 aromatic heterocycles.